The molecule has 1 fully saturated rings. The first kappa shape index (κ1) is 19.0. The minimum Gasteiger partial charge on any atom is -0.459 e. The maximum absolute atomic E-state index is 11.9. The Kier molecular flexibility index (Phi) is 6.52. The second-order valence-corrected chi connectivity index (χ2v) is 6.94. The number of hydrogen-bond acceptors (Lipinski definition) is 3. The molecule has 2 heterocycles. The lowest BCUT2D eigenvalue weighted by atomic mass is 9.82. The maximum atomic E-state index is 11.9. The van der Waals surface area contributed by atoms with E-state index in [2.05, 4.69) is 57.8 Å². The van der Waals surface area contributed by atoms with Crippen molar-refractivity contribution in [2.75, 3.05) is 33.2 Å². The Morgan fingerprint density at radius 2 is 1.96 bits per heavy atom. The number of piperidine rings is 1. The van der Waals surface area contributed by atoms with E-state index in [1.807, 2.05) is 0 Å². The summed E-state index contributed by atoms with van der Waals surface area (Å²) >= 11 is 0. The van der Waals surface area contributed by atoms with E-state index in [9.17, 15) is 4.79 Å². The third-order valence-electron chi connectivity index (χ3n) is 5.08. The van der Waals surface area contributed by atoms with Crippen LogP contribution in [0, 0.1) is 5.92 Å². The molecule has 0 aliphatic carbocycles. The molecule has 0 radical (unpaired) electrons. The van der Waals surface area contributed by atoms with E-state index in [0.717, 1.165) is 25.5 Å². The topological polar surface area (TPSA) is 69.9 Å². The number of carbonyl (C=O) groups excluding carboxylic acids is 1. The van der Waals surface area contributed by atoms with Crippen molar-refractivity contribution in [2.24, 2.45) is 10.9 Å². The van der Waals surface area contributed by atoms with Gasteiger partial charge < -0.3 is 20.0 Å². The maximum Gasteiger partial charge on any atom is 0.287 e. The van der Waals surface area contributed by atoms with Crippen LogP contribution in [0.3, 0.4) is 0 Å². The van der Waals surface area contributed by atoms with Gasteiger partial charge in [0.05, 0.1) is 6.26 Å². The van der Waals surface area contributed by atoms with Crippen molar-refractivity contribution in [3.8, 4) is 0 Å². The molecule has 1 amide bonds. The Morgan fingerprint density at radius 1 is 1.19 bits per heavy atom. The number of rotatable bonds is 5. The third kappa shape index (κ3) is 4.90. The molecule has 1 aromatic heterocycles. The van der Waals surface area contributed by atoms with E-state index >= 15 is 0 Å². The molecule has 1 saturated heterocycles. The zero-order chi connectivity index (χ0) is 19.1. The molecule has 1 aliphatic heterocycles. The molecule has 0 bridgehead atoms. The van der Waals surface area contributed by atoms with Gasteiger partial charge in [-0.2, -0.15) is 0 Å². The first-order valence-corrected chi connectivity index (χ1v) is 9.51. The fraction of sp³-hybridized carbons (Fsp3) is 0.429. The van der Waals surface area contributed by atoms with Crippen molar-refractivity contribution in [3.63, 3.8) is 0 Å². The average molecular weight is 368 g/mol. The van der Waals surface area contributed by atoms with Crippen LogP contribution in [0.4, 0.5) is 0 Å². The molecule has 0 spiro atoms. The predicted molar refractivity (Wildman–Crippen MR) is 107 cm³/mol. The quantitative estimate of drug-likeness (QED) is 0.484. The van der Waals surface area contributed by atoms with Gasteiger partial charge in [0.2, 0.25) is 0 Å². The zero-order valence-electron chi connectivity index (χ0n) is 16.0. The Balaban J connectivity index is 1.45. The molecular formula is C21H28N4O2. The standard InChI is InChI=1S/C21H28N4O2/c1-16-15-25(13-10-18(16)17-7-4-3-5-8-17)21(22-2)24-12-11-23-20(26)19-9-6-14-27-19/h3-9,14,16,18H,10-13,15H2,1-2H3,(H,22,24)(H,23,26). The molecule has 2 atom stereocenters. The van der Waals surface area contributed by atoms with Crippen LogP contribution >= 0.6 is 0 Å². The zero-order valence-corrected chi connectivity index (χ0v) is 16.0. The lowest BCUT2D eigenvalue weighted by Gasteiger charge is -2.39. The fourth-order valence-corrected chi connectivity index (χ4v) is 3.71. The summed E-state index contributed by atoms with van der Waals surface area (Å²) in [5.74, 6) is 2.16. The third-order valence-corrected chi connectivity index (χ3v) is 5.08. The van der Waals surface area contributed by atoms with Crippen LogP contribution in [-0.2, 0) is 0 Å². The molecule has 6 nitrogen and oxygen atoms in total. The number of amides is 1. The van der Waals surface area contributed by atoms with Gasteiger partial charge >= 0.3 is 0 Å². The van der Waals surface area contributed by atoms with Gasteiger partial charge in [-0.3, -0.25) is 9.79 Å². The number of nitrogens with one attached hydrogen (secondary N) is 2. The first-order chi connectivity index (χ1) is 13.2. The highest BCUT2D eigenvalue weighted by Crippen LogP contribution is 2.32. The van der Waals surface area contributed by atoms with Crippen LogP contribution in [0.15, 0.2) is 58.1 Å². The summed E-state index contributed by atoms with van der Waals surface area (Å²) in [5.41, 5.74) is 1.42. The molecule has 2 N–H and O–H groups in total. The molecule has 27 heavy (non-hydrogen) atoms. The number of benzene rings is 1. The molecule has 0 saturated carbocycles. The van der Waals surface area contributed by atoms with Gasteiger partial charge in [-0.05, 0) is 36.0 Å². The summed E-state index contributed by atoms with van der Waals surface area (Å²) in [5, 5.41) is 6.18. The molecule has 3 rings (SSSR count). The molecule has 144 valence electrons. The highest BCUT2D eigenvalue weighted by atomic mass is 16.3. The van der Waals surface area contributed by atoms with Crippen LogP contribution in [0.2, 0.25) is 0 Å². The van der Waals surface area contributed by atoms with Gasteiger partial charge in [-0.15, -0.1) is 0 Å². The second-order valence-electron chi connectivity index (χ2n) is 6.94. The molecule has 1 aliphatic rings. The second kappa shape index (κ2) is 9.26. The van der Waals surface area contributed by atoms with Crippen molar-refractivity contribution in [3.05, 3.63) is 60.1 Å². The van der Waals surface area contributed by atoms with E-state index in [1.54, 1.807) is 19.2 Å². The van der Waals surface area contributed by atoms with Crippen LogP contribution in [0.1, 0.15) is 35.4 Å². The number of furan rings is 1. The molecule has 2 aromatic rings. The number of aliphatic imine (C=N–C) groups is 1. The van der Waals surface area contributed by atoms with Gasteiger partial charge in [-0.1, -0.05) is 37.3 Å². The van der Waals surface area contributed by atoms with E-state index in [-0.39, 0.29) is 5.91 Å². The number of hydrogen-bond donors (Lipinski definition) is 2. The number of nitrogens with zero attached hydrogens (tertiary/aromatic N) is 2. The van der Waals surface area contributed by atoms with Gasteiger partial charge in [0.25, 0.3) is 5.91 Å². The summed E-state index contributed by atoms with van der Waals surface area (Å²) < 4.78 is 5.08. The fourth-order valence-electron chi connectivity index (χ4n) is 3.71. The van der Waals surface area contributed by atoms with Crippen molar-refractivity contribution >= 4 is 11.9 Å². The van der Waals surface area contributed by atoms with E-state index in [1.165, 1.54) is 11.8 Å². The number of likely N-dealkylation sites (tertiary alicyclic amines) is 1. The highest BCUT2D eigenvalue weighted by molar-refractivity contribution is 5.91. The van der Waals surface area contributed by atoms with Gasteiger partial charge in [0.1, 0.15) is 0 Å². The van der Waals surface area contributed by atoms with Crippen molar-refractivity contribution in [1.82, 2.24) is 15.5 Å². The Morgan fingerprint density at radius 3 is 2.63 bits per heavy atom. The lowest BCUT2D eigenvalue weighted by molar-refractivity contribution is 0.0926. The van der Waals surface area contributed by atoms with E-state index in [0.29, 0.717) is 30.7 Å². The summed E-state index contributed by atoms with van der Waals surface area (Å²) in [6, 6.07) is 14.1. The molecule has 1 aromatic carbocycles. The van der Waals surface area contributed by atoms with Crippen molar-refractivity contribution in [2.45, 2.75) is 19.3 Å². The minimum atomic E-state index is -0.200. The van der Waals surface area contributed by atoms with Crippen molar-refractivity contribution < 1.29 is 9.21 Å². The summed E-state index contributed by atoms with van der Waals surface area (Å²) in [6.45, 7) is 5.38. The van der Waals surface area contributed by atoms with Crippen LogP contribution in [0.5, 0.6) is 0 Å². The first-order valence-electron chi connectivity index (χ1n) is 9.51. The number of guanidine groups is 1. The highest BCUT2D eigenvalue weighted by Gasteiger charge is 2.28. The molecule has 6 heteroatoms. The Hall–Kier alpha value is -2.76. The SMILES string of the molecule is CN=C(NCCNC(=O)c1ccco1)N1CCC(c2ccccc2)C(C)C1. The van der Waals surface area contributed by atoms with Crippen LogP contribution < -0.4 is 10.6 Å². The van der Waals surface area contributed by atoms with E-state index in [4.69, 9.17) is 4.42 Å². The Bertz CT molecular complexity index is 743. The van der Waals surface area contributed by atoms with Gasteiger partial charge in [0, 0.05) is 33.2 Å². The normalized spacial score (nSPS) is 20.4. The summed E-state index contributed by atoms with van der Waals surface area (Å²) in [6.07, 6.45) is 2.61. The largest absolute Gasteiger partial charge is 0.459 e. The molecule has 2 unspecified atom stereocenters. The molecular weight excluding hydrogens is 340 g/mol. The van der Waals surface area contributed by atoms with Crippen LogP contribution in [0.25, 0.3) is 0 Å². The minimum absolute atomic E-state index is 0.200. The summed E-state index contributed by atoms with van der Waals surface area (Å²) in [7, 11) is 1.80. The van der Waals surface area contributed by atoms with Gasteiger partial charge in [-0.25, -0.2) is 0 Å². The smallest absolute Gasteiger partial charge is 0.287 e. The monoisotopic (exact) mass is 368 g/mol. The lowest BCUT2D eigenvalue weighted by Crippen LogP contribution is -2.49. The van der Waals surface area contributed by atoms with Crippen molar-refractivity contribution in [1.29, 1.82) is 0 Å². The average Bonchev–Trinajstić information content (AvgIpc) is 3.23. The predicted octanol–water partition coefficient (Wildman–Crippen LogP) is 2.71. The summed E-state index contributed by atoms with van der Waals surface area (Å²) in [4.78, 5) is 18.6. The van der Waals surface area contributed by atoms with Gasteiger partial charge in [0.15, 0.2) is 11.7 Å². The number of carbonyl (C=O) groups is 1. The Labute approximate surface area is 160 Å². The van der Waals surface area contributed by atoms with E-state index < -0.39 is 0 Å². The van der Waals surface area contributed by atoms with Crippen LogP contribution in [-0.4, -0.2) is 50.0 Å².